The van der Waals surface area contributed by atoms with Crippen LogP contribution in [-0.4, -0.2) is 20.7 Å². The zero-order chi connectivity index (χ0) is 17.2. The second-order valence-corrected chi connectivity index (χ2v) is 5.74. The molecule has 0 saturated heterocycles. The normalized spacial score (nSPS) is 13.0. The molecule has 5 nitrogen and oxygen atoms in total. The van der Waals surface area contributed by atoms with Crippen molar-refractivity contribution in [3.8, 4) is 0 Å². The first kappa shape index (κ1) is 17.5. The van der Waals surface area contributed by atoms with Crippen molar-refractivity contribution in [3.63, 3.8) is 0 Å². The van der Waals surface area contributed by atoms with E-state index in [0.717, 1.165) is 10.2 Å². The molecule has 9 heteroatoms. The molecule has 2 rings (SSSR count). The molecule has 0 saturated carbocycles. The Morgan fingerprint density at radius 1 is 1.48 bits per heavy atom. The lowest BCUT2D eigenvalue weighted by molar-refractivity contribution is -0.142. The number of halogens is 4. The molecule has 1 unspecified atom stereocenters. The summed E-state index contributed by atoms with van der Waals surface area (Å²) < 4.78 is 39.5. The van der Waals surface area contributed by atoms with Crippen LogP contribution in [0, 0.1) is 6.92 Å². The van der Waals surface area contributed by atoms with Gasteiger partial charge in [0.05, 0.1) is 10.2 Å². The van der Waals surface area contributed by atoms with Crippen molar-refractivity contribution < 1.29 is 18.0 Å². The molecule has 2 aromatic rings. The van der Waals surface area contributed by atoms with Crippen LogP contribution in [0.3, 0.4) is 0 Å². The largest absolute Gasteiger partial charge is 0.436 e. The summed E-state index contributed by atoms with van der Waals surface area (Å²) in [7, 11) is 0. The number of hydrogen-bond donors (Lipinski definition) is 1. The average molecular weight is 391 g/mol. The molecule has 0 aromatic carbocycles. The quantitative estimate of drug-likeness (QED) is 0.871. The fourth-order valence-corrected chi connectivity index (χ4v) is 2.49. The maximum atomic E-state index is 12.9. The number of nitrogens with one attached hydrogen (secondary N) is 1. The molecule has 1 amide bonds. The third kappa shape index (κ3) is 3.90. The first-order valence-electron chi connectivity index (χ1n) is 6.70. The van der Waals surface area contributed by atoms with Crippen molar-refractivity contribution >= 4 is 21.8 Å². The Labute approximate surface area is 139 Å². The average Bonchev–Trinajstić information content (AvgIpc) is 2.81. The minimum atomic E-state index is -4.58. The molecule has 2 aromatic heterocycles. The molecule has 2 heterocycles. The second kappa shape index (κ2) is 6.69. The van der Waals surface area contributed by atoms with E-state index in [1.807, 2.05) is 0 Å². The van der Waals surface area contributed by atoms with Gasteiger partial charge < -0.3 is 5.32 Å². The van der Waals surface area contributed by atoms with E-state index in [1.165, 1.54) is 13.8 Å². The number of amides is 1. The van der Waals surface area contributed by atoms with Crippen LogP contribution in [0.25, 0.3) is 0 Å². The van der Waals surface area contributed by atoms with E-state index in [4.69, 9.17) is 0 Å². The number of alkyl halides is 3. The molecule has 23 heavy (non-hydrogen) atoms. The van der Waals surface area contributed by atoms with E-state index in [9.17, 15) is 18.0 Å². The molecule has 0 bridgehead atoms. The van der Waals surface area contributed by atoms with E-state index < -0.39 is 23.8 Å². The number of pyridine rings is 1. The van der Waals surface area contributed by atoms with Gasteiger partial charge in [-0.2, -0.15) is 18.3 Å². The van der Waals surface area contributed by atoms with Crippen molar-refractivity contribution in [3.05, 3.63) is 46.0 Å². The molecular formula is C14H14BrF3N4O. The highest BCUT2D eigenvalue weighted by molar-refractivity contribution is 9.10. The predicted octanol–water partition coefficient (Wildman–Crippen LogP) is 3.25. The summed E-state index contributed by atoms with van der Waals surface area (Å²) in [6, 6.07) is 2.64. The lowest BCUT2D eigenvalue weighted by Crippen LogP contribution is -2.31. The van der Waals surface area contributed by atoms with Crippen LogP contribution in [0.1, 0.15) is 29.9 Å². The van der Waals surface area contributed by atoms with E-state index in [1.54, 1.807) is 24.5 Å². The standard InChI is InChI=1S/C14H14BrF3N4O/c1-8-11(15)12(14(16,17)18)21-22(8)9(2)13(23)20-7-10-4-3-5-19-6-10/h3-6,9H,7H2,1-2H3,(H,20,23). The number of hydrogen-bond acceptors (Lipinski definition) is 3. The molecular weight excluding hydrogens is 377 g/mol. The summed E-state index contributed by atoms with van der Waals surface area (Å²) in [6.45, 7) is 3.20. The maximum Gasteiger partial charge on any atom is 0.436 e. The lowest BCUT2D eigenvalue weighted by Gasteiger charge is -2.14. The van der Waals surface area contributed by atoms with E-state index >= 15 is 0 Å². The molecule has 0 spiro atoms. The van der Waals surface area contributed by atoms with Crippen LogP contribution in [0.5, 0.6) is 0 Å². The molecule has 124 valence electrons. The van der Waals surface area contributed by atoms with Crippen LogP contribution in [0.15, 0.2) is 29.0 Å². The Balaban J connectivity index is 2.14. The number of carbonyl (C=O) groups is 1. The van der Waals surface area contributed by atoms with Gasteiger partial charge in [0.1, 0.15) is 6.04 Å². The van der Waals surface area contributed by atoms with Crippen molar-refractivity contribution in [1.29, 1.82) is 0 Å². The third-order valence-electron chi connectivity index (χ3n) is 3.28. The van der Waals surface area contributed by atoms with Crippen LogP contribution >= 0.6 is 15.9 Å². The molecule has 0 aliphatic rings. The van der Waals surface area contributed by atoms with Crippen LogP contribution in [0.2, 0.25) is 0 Å². The topological polar surface area (TPSA) is 59.8 Å². The van der Waals surface area contributed by atoms with Gasteiger partial charge in [0.15, 0.2) is 5.69 Å². The first-order chi connectivity index (χ1) is 10.7. The fourth-order valence-electron chi connectivity index (χ4n) is 2.01. The summed E-state index contributed by atoms with van der Waals surface area (Å²) in [5.41, 5.74) is -0.00865. The maximum absolute atomic E-state index is 12.9. The van der Waals surface area contributed by atoms with Gasteiger partial charge in [-0.05, 0) is 41.4 Å². The number of rotatable bonds is 4. The first-order valence-corrected chi connectivity index (χ1v) is 7.49. The fraction of sp³-hybridized carbons (Fsp3) is 0.357. The van der Waals surface area contributed by atoms with E-state index in [0.29, 0.717) is 0 Å². The van der Waals surface area contributed by atoms with E-state index in [-0.39, 0.29) is 16.7 Å². The lowest BCUT2D eigenvalue weighted by atomic mass is 10.2. The van der Waals surface area contributed by atoms with Crippen LogP contribution < -0.4 is 5.32 Å². The Hall–Kier alpha value is -1.90. The van der Waals surface area contributed by atoms with Gasteiger partial charge in [-0.15, -0.1) is 0 Å². The van der Waals surface area contributed by atoms with Crippen molar-refractivity contribution in [2.24, 2.45) is 0 Å². The van der Waals surface area contributed by atoms with Crippen LogP contribution in [0.4, 0.5) is 13.2 Å². The van der Waals surface area contributed by atoms with Gasteiger partial charge in [0, 0.05) is 18.9 Å². The predicted molar refractivity (Wildman–Crippen MR) is 80.5 cm³/mol. The monoisotopic (exact) mass is 390 g/mol. The van der Waals surface area contributed by atoms with Gasteiger partial charge in [0.2, 0.25) is 5.91 Å². The van der Waals surface area contributed by atoms with Gasteiger partial charge in [-0.1, -0.05) is 6.07 Å². The molecule has 0 aliphatic heterocycles. The number of aromatic nitrogens is 3. The summed E-state index contributed by atoms with van der Waals surface area (Å²) in [5.74, 6) is -0.430. The minimum absolute atomic E-state index is 0.156. The minimum Gasteiger partial charge on any atom is -0.350 e. The summed E-state index contributed by atoms with van der Waals surface area (Å²) in [5, 5.41) is 6.18. The molecule has 0 aliphatic carbocycles. The molecule has 1 atom stereocenters. The van der Waals surface area contributed by atoms with Gasteiger partial charge in [-0.25, -0.2) is 0 Å². The Kier molecular flexibility index (Phi) is 5.08. The Bertz CT molecular complexity index is 700. The van der Waals surface area contributed by atoms with Crippen molar-refractivity contribution in [2.45, 2.75) is 32.6 Å². The number of nitrogens with zero attached hydrogens (tertiary/aromatic N) is 3. The van der Waals surface area contributed by atoms with Crippen LogP contribution in [-0.2, 0) is 17.5 Å². The smallest absolute Gasteiger partial charge is 0.350 e. The summed E-state index contributed by atoms with van der Waals surface area (Å²) in [6.07, 6.45) is -1.37. The summed E-state index contributed by atoms with van der Waals surface area (Å²) >= 11 is 2.89. The molecule has 0 fully saturated rings. The summed E-state index contributed by atoms with van der Waals surface area (Å²) in [4.78, 5) is 16.1. The third-order valence-corrected chi connectivity index (χ3v) is 4.23. The zero-order valence-corrected chi connectivity index (χ0v) is 13.9. The second-order valence-electron chi connectivity index (χ2n) is 4.95. The SMILES string of the molecule is Cc1c(Br)c(C(F)(F)F)nn1C(C)C(=O)NCc1cccnc1. The highest BCUT2D eigenvalue weighted by atomic mass is 79.9. The van der Waals surface area contributed by atoms with E-state index in [2.05, 4.69) is 31.3 Å². The van der Waals surface area contributed by atoms with Crippen molar-refractivity contribution in [2.75, 3.05) is 0 Å². The zero-order valence-electron chi connectivity index (χ0n) is 12.4. The number of carbonyl (C=O) groups excluding carboxylic acids is 1. The molecule has 1 N–H and O–H groups in total. The van der Waals surface area contributed by atoms with Gasteiger partial charge in [-0.3, -0.25) is 14.5 Å². The molecule has 0 radical (unpaired) electrons. The Morgan fingerprint density at radius 2 is 2.17 bits per heavy atom. The highest BCUT2D eigenvalue weighted by Gasteiger charge is 2.38. The van der Waals surface area contributed by atoms with Gasteiger partial charge in [0.25, 0.3) is 0 Å². The van der Waals surface area contributed by atoms with Gasteiger partial charge >= 0.3 is 6.18 Å². The highest BCUT2D eigenvalue weighted by Crippen LogP contribution is 2.36. The Morgan fingerprint density at radius 3 is 2.70 bits per heavy atom. The van der Waals surface area contributed by atoms with Crippen molar-refractivity contribution in [1.82, 2.24) is 20.1 Å².